The van der Waals surface area contributed by atoms with Crippen molar-refractivity contribution in [2.45, 2.75) is 71.1 Å². The molecule has 1 saturated heterocycles. The highest BCUT2D eigenvalue weighted by Crippen LogP contribution is 2.34. The van der Waals surface area contributed by atoms with Gasteiger partial charge in [-0.2, -0.15) is 0 Å². The highest BCUT2D eigenvalue weighted by atomic mass is 16.6. The van der Waals surface area contributed by atoms with Gasteiger partial charge < -0.3 is 40.4 Å². The summed E-state index contributed by atoms with van der Waals surface area (Å²) in [4.78, 5) is 88.8. The van der Waals surface area contributed by atoms with E-state index in [0.29, 0.717) is 77.0 Å². The molecule has 2 heterocycles. The zero-order chi connectivity index (χ0) is 44.6. The molecule has 2 atom stereocenters. The minimum absolute atomic E-state index is 0.0851. The number of H-pyrrole nitrogens is 1. The Morgan fingerprint density at radius 3 is 2.16 bits per heavy atom. The van der Waals surface area contributed by atoms with Gasteiger partial charge in [0.15, 0.2) is 0 Å². The van der Waals surface area contributed by atoms with Crippen LogP contribution in [0.15, 0.2) is 103 Å². The van der Waals surface area contributed by atoms with Gasteiger partial charge in [0.05, 0.1) is 24.2 Å². The molecule has 14 heteroatoms. The number of benzene rings is 4. The van der Waals surface area contributed by atoms with E-state index in [9.17, 15) is 28.8 Å². The molecule has 0 radical (unpaired) electrons. The van der Waals surface area contributed by atoms with Gasteiger partial charge in [-0.05, 0) is 87.1 Å². The van der Waals surface area contributed by atoms with E-state index in [2.05, 4.69) is 20.9 Å². The van der Waals surface area contributed by atoms with Crippen LogP contribution >= 0.6 is 0 Å². The van der Waals surface area contributed by atoms with E-state index in [1.165, 1.54) is 9.80 Å². The van der Waals surface area contributed by atoms with Crippen molar-refractivity contribution < 1.29 is 33.5 Å². The molecule has 6 amide bonds. The van der Waals surface area contributed by atoms with Crippen LogP contribution in [0.2, 0.25) is 0 Å². The second-order valence-electron chi connectivity index (χ2n) is 16.6. The van der Waals surface area contributed by atoms with Crippen molar-refractivity contribution in [1.82, 2.24) is 25.0 Å². The van der Waals surface area contributed by atoms with Gasteiger partial charge in [-0.3, -0.25) is 24.0 Å². The fourth-order valence-electron chi connectivity index (χ4n) is 7.52. The number of likely N-dealkylation sites (tertiary alicyclic amines) is 1. The topological polar surface area (TPSA) is 173 Å². The summed E-state index contributed by atoms with van der Waals surface area (Å²) in [6.45, 7) is 7.87. The summed E-state index contributed by atoms with van der Waals surface area (Å²) in [6.07, 6.45) is 1.19. The first-order valence-corrected chi connectivity index (χ1v) is 20.9. The van der Waals surface area contributed by atoms with Gasteiger partial charge >= 0.3 is 6.09 Å². The molecule has 1 fully saturated rings. The SMILES string of the molecule is CCCN(CC(=O)Nc1ccc(-c2[nH]c3ccc(NC(=O)[C@@H]4CCCN4C(=O)[C@H](NC(=O)OC(C)(C)C)c4ccccc4)cc3c2C(=O)N(C)C)cc1)C(=O)Cc1ccccc1. The molecule has 0 bridgehead atoms. The van der Waals surface area contributed by atoms with Crippen LogP contribution in [0.4, 0.5) is 16.2 Å². The number of aromatic nitrogens is 1. The quantitative estimate of drug-likeness (QED) is 0.0919. The maximum Gasteiger partial charge on any atom is 0.408 e. The van der Waals surface area contributed by atoms with E-state index in [0.717, 1.165) is 5.56 Å². The van der Waals surface area contributed by atoms with Crippen LogP contribution in [-0.4, -0.2) is 101 Å². The van der Waals surface area contributed by atoms with Gasteiger partial charge in [0.2, 0.25) is 17.7 Å². The Bertz CT molecular complexity index is 2410. The summed E-state index contributed by atoms with van der Waals surface area (Å²) in [6, 6.07) is 28.7. The molecule has 0 spiro atoms. The number of anilines is 2. The minimum Gasteiger partial charge on any atom is -0.444 e. The normalized spacial score (nSPS) is 14.2. The molecule has 1 aliphatic rings. The first kappa shape index (κ1) is 44.6. The number of hydrogen-bond acceptors (Lipinski definition) is 7. The van der Waals surface area contributed by atoms with Gasteiger partial charge in [-0.25, -0.2) is 4.79 Å². The van der Waals surface area contributed by atoms with Crippen molar-refractivity contribution in [2.24, 2.45) is 0 Å². The fraction of sp³-hybridized carbons (Fsp3) is 0.333. The Morgan fingerprint density at radius 2 is 1.52 bits per heavy atom. The summed E-state index contributed by atoms with van der Waals surface area (Å²) in [7, 11) is 3.32. The van der Waals surface area contributed by atoms with Crippen molar-refractivity contribution >= 4 is 57.9 Å². The summed E-state index contributed by atoms with van der Waals surface area (Å²) in [5.41, 5.74) is 3.92. The molecule has 6 rings (SSSR count). The van der Waals surface area contributed by atoms with Crippen LogP contribution in [0.5, 0.6) is 0 Å². The first-order valence-electron chi connectivity index (χ1n) is 20.9. The number of hydrogen-bond donors (Lipinski definition) is 4. The third-order valence-electron chi connectivity index (χ3n) is 10.4. The van der Waals surface area contributed by atoms with Crippen LogP contribution in [0.3, 0.4) is 0 Å². The van der Waals surface area contributed by atoms with E-state index in [1.54, 1.807) is 106 Å². The summed E-state index contributed by atoms with van der Waals surface area (Å²) < 4.78 is 5.46. The Morgan fingerprint density at radius 1 is 0.855 bits per heavy atom. The van der Waals surface area contributed by atoms with Crippen molar-refractivity contribution in [3.8, 4) is 11.3 Å². The number of rotatable bonds is 14. The molecular weight excluding hydrogens is 787 g/mol. The lowest BCUT2D eigenvalue weighted by molar-refractivity contribution is -0.138. The third-order valence-corrected chi connectivity index (χ3v) is 10.4. The van der Waals surface area contributed by atoms with Gasteiger partial charge in [0.1, 0.15) is 17.7 Å². The predicted molar refractivity (Wildman–Crippen MR) is 239 cm³/mol. The average Bonchev–Trinajstić information content (AvgIpc) is 3.88. The smallest absolute Gasteiger partial charge is 0.408 e. The number of carbonyl (C=O) groups excluding carboxylic acids is 6. The zero-order valence-electron chi connectivity index (χ0n) is 36.1. The summed E-state index contributed by atoms with van der Waals surface area (Å²) in [5.74, 6) is -1.54. The molecule has 1 aromatic heterocycles. The molecule has 62 heavy (non-hydrogen) atoms. The third kappa shape index (κ3) is 11.0. The number of fused-ring (bicyclic) bond motifs is 1. The van der Waals surface area contributed by atoms with Crippen LogP contribution < -0.4 is 16.0 Å². The molecule has 4 aromatic carbocycles. The molecule has 324 valence electrons. The maximum absolute atomic E-state index is 14.1. The number of alkyl carbamates (subject to hydrolysis) is 1. The minimum atomic E-state index is -1.07. The van der Waals surface area contributed by atoms with Gasteiger partial charge in [-0.15, -0.1) is 0 Å². The molecule has 0 aliphatic carbocycles. The van der Waals surface area contributed by atoms with Gasteiger partial charge in [-0.1, -0.05) is 79.7 Å². The van der Waals surface area contributed by atoms with Gasteiger partial charge in [0.25, 0.3) is 11.8 Å². The predicted octanol–water partition coefficient (Wildman–Crippen LogP) is 7.15. The molecule has 0 unspecified atom stereocenters. The van der Waals surface area contributed by atoms with Crippen molar-refractivity contribution in [2.75, 3.05) is 44.4 Å². The van der Waals surface area contributed by atoms with E-state index in [4.69, 9.17) is 4.74 Å². The highest BCUT2D eigenvalue weighted by molar-refractivity contribution is 6.13. The Balaban J connectivity index is 1.18. The van der Waals surface area contributed by atoms with Crippen LogP contribution in [-0.2, 0) is 30.3 Å². The second-order valence-corrected chi connectivity index (χ2v) is 16.6. The van der Waals surface area contributed by atoms with Crippen molar-refractivity contribution in [1.29, 1.82) is 0 Å². The molecule has 14 nitrogen and oxygen atoms in total. The highest BCUT2D eigenvalue weighted by Gasteiger charge is 2.39. The maximum atomic E-state index is 14.1. The number of amides is 6. The van der Waals surface area contributed by atoms with E-state index >= 15 is 0 Å². The van der Waals surface area contributed by atoms with Crippen LogP contribution in [0.1, 0.15) is 74.5 Å². The molecule has 4 N–H and O–H groups in total. The summed E-state index contributed by atoms with van der Waals surface area (Å²) >= 11 is 0. The first-order chi connectivity index (χ1) is 29.6. The monoisotopic (exact) mass is 841 g/mol. The standard InChI is InChI=1S/C48H55N7O7/c1-7-26-54(40(57)28-31-15-10-8-11-16-31)30-39(56)49-34-22-20-33(21-23-34)42-41(45(59)53(5)6)36-29-35(24-25-37(36)51-42)50-44(58)38-19-14-27-55(38)46(60)43(32-17-12-9-13-18-32)52-47(61)62-48(2,3)4/h8-13,15-18,20-25,29,38,43,51H,7,14,19,26-28,30H2,1-6H3,(H,49,56)(H,50,58)(H,52,61)/t38-,43+/m0/s1. The number of nitrogens with zero attached hydrogens (tertiary/aromatic N) is 3. The molecule has 5 aromatic rings. The van der Waals surface area contributed by atoms with Crippen molar-refractivity contribution in [3.05, 3.63) is 120 Å². The second kappa shape index (κ2) is 19.6. The van der Waals surface area contributed by atoms with E-state index < -0.39 is 35.6 Å². The lowest BCUT2D eigenvalue weighted by atomic mass is 10.0. The van der Waals surface area contributed by atoms with Gasteiger partial charge in [0, 0.05) is 49.5 Å². The van der Waals surface area contributed by atoms with E-state index in [1.807, 2.05) is 43.3 Å². The van der Waals surface area contributed by atoms with Crippen LogP contribution in [0.25, 0.3) is 22.2 Å². The number of ether oxygens (including phenoxy) is 1. The number of aromatic amines is 1. The van der Waals surface area contributed by atoms with Crippen LogP contribution in [0, 0.1) is 0 Å². The number of nitrogens with one attached hydrogen (secondary N) is 4. The average molecular weight is 842 g/mol. The largest absolute Gasteiger partial charge is 0.444 e. The van der Waals surface area contributed by atoms with Crippen molar-refractivity contribution in [3.63, 3.8) is 0 Å². The number of carbonyl (C=O) groups is 6. The lowest BCUT2D eigenvalue weighted by Crippen LogP contribution is -2.49. The Hall–Kier alpha value is -6.96. The molecule has 1 aliphatic heterocycles. The zero-order valence-corrected chi connectivity index (χ0v) is 36.1. The Kier molecular flexibility index (Phi) is 14.1. The Labute approximate surface area is 362 Å². The fourth-order valence-corrected chi connectivity index (χ4v) is 7.52. The summed E-state index contributed by atoms with van der Waals surface area (Å²) in [5, 5.41) is 9.16. The van der Waals surface area contributed by atoms with E-state index in [-0.39, 0.29) is 30.7 Å². The molecule has 0 saturated carbocycles. The lowest BCUT2D eigenvalue weighted by Gasteiger charge is -2.29. The molecular formula is C48H55N7O7.